The monoisotopic (exact) mass is 225 g/mol. The van der Waals surface area contributed by atoms with Gasteiger partial charge in [0, 0.05) is 13.2 Å². The minimum atomic E-state index is -1.07. The van der Waals surface area contributed by atoms with E-state index in [0.717, 1.165) is 0 Å². The van der Waals surface area contributed by atoms with Gasteiger partial charge in [-0.3, -0.25) is 0 Å². The van der Waals surface area contributed by atoms with Crippen molar-refractivity contribution in [2.75, 3.05) is 24.8 Å². The molecule has 6 heteroatoms. The molecule has 0 aliphatic heterocycles. The van der Waals surface area contributed by atoms with Crippen molar-refractivity contribution in [2.24, 2.45) is 0 Å². The number of carboxylic acid groups (broad SMARTS) is 1. The Labute approximate surface area is 93.4 Å². The highest BCUT2D eigenvalue weighted by atomic mass is 16.5. The number of rotatable bonds is 5. The third kappa shape index (κ3) is 3.09. The molecule has 0 aliphatic carbocycles. The quantitative estimate of drug-likeness (QED) is 0.686. The number of nitrogens with zero attached hydrogens (tertiary/aromatic N) is 1. The van der Waals surface area contributed by atoms with E-state index in [-0.39, 0.29) is 17.3 Å². The lowest BCUT2D eigenvalue weighted by molar-refractivity contribution is 0.0698. The number of nitrogen functional groups attached to an aromatic ring is 1. The van der Waals surface area contributed by atoms with Crippen LogP contribution in [0, 0.1) is 0 Å². The lowest BCUT2D eigenvalue weighted by Gasteiger charge is -2.13. The number of aromatic carboxylic acids is 1. The summed E-state index contributed by atoms with van der Waals surface area (Å²) in [5.41, 5.74) is 5.68. The van der Waals surface area contributed by atoms with E-state index in [1.165, 1.54) is 12.3 Å². The van der Waals surface area contributed by atoms with Crippen LogP contribution in [0.2, 0.25) is 0 Å². The average molecular weight is 225 g/mol. The highest BCUT2D eigenvalue weighted by Gasteiger charge is 2.10. The molecule has 1 aromatic rings. The van der Waals surface area contributed by atoms with Crippen LogP contribution in [0.4, 0.5) is 11.5 Å². The molecule has 4 N–H and O–H groups in total. The number of hydrogen-bond donors (Lipinski definition) is 3. The Morgan fingerprint density at radius 2 is 2.44 bits per heavy atom. The van der Waals surface area contributed by atoms with Crippen LogP contribution in [0.25, 0.3) is 0 Å². The minimum absolute atomic E-state index is 0.0436. The van der Waals surface area contributed by atoms with Crippen molar-refractivity contribution in [3.8, 4) is 0 Å². The maximum Gasteiger partial charge on any atom is 0.337 e. The molecule has 0 bridgehead atoms. The molecule has 0 aromatic carbocycles. The molecule has 1 heterocycles. The van der Waals surface area contributed by atoms with Gasteiger partial charge in [0.1, 0.15) is 5.82 Å². The number of methoxy groups -OCH3 is 1. The van der Waals surface area contributed by atoms with Gasteiger partial charge in [-0.2, -0.15) is 0 Å². The second-order valence-corrected chi connectivity index (χ2v) is 3.46. The Hall–Kier alpha value is -1.82. The van der Waals surface area contributed by atoms with E-state index in [4.69, 9.17) is 15.6 Å². The summed E-state index contributed by atoms with van der Waals surface area (Å²) in [6, 6.07) is 1.45. The Kier molecular flexibility index (Phi) is 4.07. The number of nitrogens with one attached hydrogen (secondary N) is 1. The summed E-state index contributed by atoms with van der Waals surface area (Å²) in [5.74, 6) is -0.599. The fraction of sp³-hybridized carbons (Fsp3) is 0.400. The van der Waals surface area contributed by atoms with Crippen LogP contribution in [0.3, 0.4) is 0 Å². The Bertz CT molecular complexity index is 382. The van der Waals surface area contributed by atoms with E-state index < -0.39 is 5.97 Å². The second-order valence-electron chi connectivity index (χ2n) is 3.46. The van der Waals surface area contributed by atoms with Crippen molar-refractivity contribution in [1.29, 1.82) is 0 Å². The predicted octanol–water partition coefficient (Wildman–Crippen LogP) is 0.809. The highest BCUT2D eigenvalue weighted by molar-refractivity contribution is 5.94. The van der Waals surface area contributed by atoms with E-state index >= 15 is 0 Å². The number of aromatic nitrogens is 1. The van der Waals surface area contributed by atoms with E-state index in [0.29, 0.717) is 12.4 Å². The molecule has 1 rings (SSSR count). The zero-order valence-electron chi connectivity index (χ0n) is 9.23. The van der Waals surface area contributed by atoms with E-state index in [9.17, 15) is 4.79 Å². The van der Waals surface area contributed by atoms with Gasteiger partial charge in [-0.15, -0.1) is 0 Å². The number of nitrogens with two attached hydrogens (primary N) is 1. The number of ether oxygens (including phenoxy) is 1. The van der Waals surface area contributed by atoms with Crippen molar-refractivity contribution in [3.63, 3.8) is 0 Å². The van der Waals surface area contributed by atoms with E-state index in [1.54, 1.807) is 7.11 Å². The third-order valence-electron chi connectivity index (χ3n) is 1.98. The standard InChI is InChI=1S/C10H15N3O3/c1-6(5-16-2)13-9-3-7(10(14)15)8(11)4-12-9/h3-4,6H,5,11H2,1-2H3,(H,12,13)(H,14,15). The molecule has 6 nitrogen and oxygen atoms in total. The first-order valence-corrected chi connectivity index (χ1v) is 4.79. The summed E-state index contributed by atoms with van der Waals surface area (Å²) in [7, 11) is 1.59. The zero-order valence-corrected chi connectivity index (χ0v) is 9.23. The molecule has 88 valence electrons. The molecule has 0 fully saturated rings. The summed E-state index contributed by atoms with van der Waals surface area (Å²) < 4.78 is 4.95. The topological polar surface area (TPSA) is 97.5 Å². The SMILES string of the molecule is COCC(C)Nc1cc(C(=O)O)c(N)cn1. The molecule has 1 unspecified atom stereocenters. The van der Waals surface area contributed by atoms with Crippen LogP contribution in [0.5, 0.6) is 0 Å². The van der Waals surface area contributed by atoms with Gasteiger partial charge in [-0.05, 0) is 13.0 Å². The first-order valence-electron chi connectivity index (χ1n) is 4.79. The van der Waals surface area contributed by atoms with Crippen LogP contribution < -0.4 is 11.1 Å². The fourth-order valence-electron chi connectivity index (χ4n) is 1.27. The van der Waals surface area contributed by atoms with E-state index in [2.05, 4.69) is 10.3 Å². The third-order valence-corrected chi connectivity index (χ3v) is 1.98. The first kappa shape index (κ1) is 12.3. The molecule has 0 saturated heterocycles. The molecule has 0 aliphatic rings. The molecular formula is C10H15N3O3. The first-order chi connectivity index (χ1) is 7.54. The lowest BCUT2D eigenvalue weighted by Crippen LogP contribution is -2.21. The van der Waals surface area contributed by atoms with Crippen LogP contribution in [0.1, 0.15) is 17.3 Å². The number of pyridine rings is 1. The molecule has 0 amide bonds. The summed E-state index contributed by atoms with van der Waals surface area (Å²) >= 11 is 0. The smallest absolute Gasteiger partial charge is 0.337 e. The minimum Gasteiger partial charge on any atom is -0.478 e. The molecule has 0 spiro atoms. The molecule has 1 atom stereocenters. The van der Waals surface area contributed by atoms with Crippen LogP contribution in [-0.4, -0.2) is 35.8 Å². The van der Waals surface area contributed by atoms with Crippen molar-refractivity contribution in [3.05, 3.63) is 17.8 Å². The molecule has 0 radical (unpaired) electrons. The normalized spacial score (nSPS) is 12.1. The maximum absolute atomic E-state index is 10.8. The maximum atomic E-state index is 10.8. The van der Waals surface area contributed by atoms with Gasteiger partial charge in [0.2, 0.25) is 0 Å². The van der Waals surface area contributed by atoms with Crippen LogP contribution in [-0.2, 0) is 4.74 Å². The molecule has 1 aromatic heterocycles. The number of anilines is 2. The highest BCUT2D eigenvalue weighted by Crippen LogP contribution is 2.15. The van der Waals surface area contributed by atoms with Gasteiger partial charge in [0.15, 0.2) is 0 Å². The Morgan fingerprint density at radius 1 is 1.75 bits per heavy atom. The largest absolute Gasteiger partial charge is 0.478 e. The van der Waals surface area contributed by atoms with Gasteiger partial charge < -0.3 is 20.9 Å². The van der Waals surface area contributed by atoms with Gasteiger partial charge in [-0.25, -0.2) is 9.78 Å². The fourth-order valence-corrected chi connectivity index (χ4v) is 1.27. The lowest BCUT2D eigenvalue weighted by atomic mass is 10.2. The Balaban J connectivity index is 2.82. The number of carbonyl (C=O) groups is 1. The van der Waals surface area contributed by atoms with Gasteiger partial charge in [0.05, 0.1) is 24.1 Å². The van der Waals surface area contributed by atoms with Crippen LogP contribution in [0.15, 0.2) is 12.3 Å². The summed E-state index contributed by atoms with van der Waals surface area (Å²) in [5, 5.41) is 11.9. The predicted molar refractivity (Wildman–Crippen MR) is 60.6 cm³/mol. The molecule has 0 saturated carbocycles. The number of hydrogen-bond acceptors (Lipinski definition) is 5. The number of carboxylic acids is 1. The summed E-state index contributed by atoms with van der Waals surface area (Å²) in [6.45, 7) is 2.41. The van der Waals surface area contributed by atoms with Crippen molar-refractivity contribution >= 4 is 17.5 Å². The summed E-state index contributed by atoms with van der Waals surface area (Å²) in [4.78, 5) is 14.8. The molecular weight excluding hydrogens is 210 g/mol. The second kappa shape index (κ2) is 5.32. The van der Waals surface area contributed by atoms with E-state index in [1.807, 2.05) is 6.92 Å². The van der Waals surface area contributed by atoms with Crippen molar-refractivity contribution < 1.29 is 14.6 Å². The van der Waals surface area contributed by atoms with Gasteiger partial charge >= 0.3 is 5.97 Å². The average Bonchev–Trinajstić information content (AvgIpc) is 2.21. The van der Waals surface area contributed by atoms with Gasteiger partial charge in [-0.1, -0.05) is 0 Å². The van der Waals surface area contributed by atoms with Crippen molar-refractivity contribution in [1.82, 2.24) is 4.98 Å². The summed E-state index contributed by atoms with van der Waals surface area (Å²) in [6.07, 6.45) is 1.32. The van der Waals surface area contributed by atoms with Crippen LogP contribution >= 0.6 is 0 Å². The Morgan fingerprint density at radius 3 is 3.00 bits per heavy atom. The van der Waals surface area contributed by atoms with Crippen molar-refractivity contribution in [2.45, 2.75) is 13.0 Å². The van der Waals surface area contributed by atoms with Gasteiger partial charge in [0.25, 0.3) is 0 Å². The zero-order chi connectivity index (χ0) is 12.1. The molecule has 16 heavy (non-hydrogen) atoms.